The molecule has 0 aromatic heterocycles. The van der Waals surface area contributed by atoms with E-state index in [1.807, 2.05) is 61.5 Å². The zero-order valence-corrected chi connectivity index (χ0v) is 11.9. The van der Waals surface area contributed by atoms with Crippen LogP contribution in [0.25, 0.3) is 0 Å². The molecule has 1 aliphatic heterocycles. The summed E-state index contributed by atoms with van der Waals surface area (Å²) in [6, 6.07) is 17.3. The number of aryl methyl sites for hydroxylation is 1. The summed E-state index contributed by atoms with van der Waals surface area (Å²) in [6.45, 7) is 2.53. The smallest absolute Gasteiger partial charge is 0.346 e. The number of hydrogen-bond donors (Lipinski definition) is 1. The molecule has 3 rings (SSSR count). The Labute approximate surface area is 123 Å². The first-order valence-electron chi connectivity index (χ1n) is 6.90. The molecule has 0 saturated carbocycles. The molecule has 2 aromatic rings. The molecule has 0 fully saturated rings. The first kappa shape index (κ1) is 13.4. The highest BCUT2D eigenvalue weighted by Crippen LogP contribution is 2.29. The molecular formula is C17H17N3O. The van der Waals surface area contributed by atoms with Crippen LogP contribution < -0.4 is 5.73 Å². The van der Waals surface area contributed by atoms with Gasteiger partial charge < -0.3 is 10.6 Å². The van der Waals surface area contributed by atoms with E-state index in [9.17, 15) is 4.79 Å². The van der Waals surface area contributed by atoms with Crippen LogP contribution in [0.5, 0.6) is 0 Å². The zero-order valence-electron chi connectivity index (χ0n) is 11.9. The lowest BCUT2D eigenvalue weighted by Crippen LogP contribution is -2.33. The summed E-state index contributed by atoms with van der Waals surface area (Å²) in [5.41, 5.74) is 9.18. The number of amides is 2. The van der Waals surface area contributed by atoms with E-state index in [4.69, 9.17) is 5.73 Å². The molecule has 1 atom stereocenters. The van der Waals surface area contributed by atoms with Crippen LogP contribution in [0.15, 0.2) is 59.6 Å². The van der Waals surface area contributed by atoms with E-state index in [1.165, 1.54) is 0 Å². The average molecular weight is 279 g/mol. The van der Waals surface area contributed by atoms with E-state index >= 15 is 0 Å². The summed E-state index contributed by atoms with van der Waals surface area (Å²) in [4.78, 5) is 17.8. The fraction of sp³-hybridized carbons (Fsp3) is 0.176. The monoisotopic (exact) mass is 279 g/mol. The molecule has 1 unspecified atom stereocenters. The molecule has 0 spiro atoms. The van der Waals surface area contributed by atoms with E-state index in [-0.39, 0.29) is 12.1 Å². The Hall–Kier alpha value is -2.62. The maximum absolute atomic E-state index is 12.1. The number of amidine groups is 1. The molecule has 4 heteroatoms. The molecule has 2 aromatic carbocycles. The quantitative estimate of drug-likeness (QED) is 0.938. The van der Waals surface area contributed by atoms with Crippen LogP contribution in [0.2, 0.25) is 0 Å². The van der Waals surface area contributed by atoms with Crippen LogP contribution in [0.1, 0.15) is 22.7 Å². The summed E-state index contributed by atoms with van der Waals surface area (Å²) in [7, 11) is 0. The van der Waals surface area contributed by atoms with Gasteiger partial charge in [0, 0.05) is 6.54 Å². The number of urea groups is 1. The lowest BCUT2D eigenvalue weighted by Gasteiger charge is -2.25. The van der Waals surface area contributed by atoms with E-state index in [1.54, 1.807) is 4.90 Å². The van der Waals surface area contributed by atoms with Crippen molar-refractivity contribution in [2.75, 3.05) is 0 Å². The Kier molecular flexibility index (Phi) is 3.44. The van der Waals surface area contributed by atoms with Gasteiger partial charge in [0.25, 0.3) is 0 Å². The highest BCUT2D eigenvalue weighted by atomic mass is 16.2. The Morgan fingerprint density at radius 2 is 1.90 bits per heavy atom. The Balaban J connectivity index is 1.93. The van der Waals surface area contributed by atoms with Crippen molar-refractivity contribution in [3.8, 4) is 0 Å². The fourth-order valence-electron chi connectivity index (χ4n) is 2.64. The number of aliphatic imine (C=N–C) groups is 1. The summed E-state index contributed by atoms with van der Waals surface area (Å²) in [5.74, 6) is 0.363. The molecule has 0 aliphatic carbocycles. The largest absolute Gasteiger partial charge is 0.385 e. The maximum atomic E-state index is 12.1. The van der Waals surface area contributed by atoms with Gasteiger partial charge in [-0.25, -0.2) is 4.79 Å². The number of hydrogen-bond acceptors (Lipinski definition) is 2. The van der Waals surface area contributed by atoms with Gasteiger partial charge in [0.05, 0.1) is 0 Å². The van der Waals surface area contributed by atoms with Crippen molar-refractivity contribution >= 4 is 11.9 Å². The lowest BCUT2D eigenvalue weighted by molar-refractivity contribution is 0.204. The lowest BCUT2D eigenvalue weighted by atomic mass is 10.0. The summed E-state index contributed by atoms with van der Waals surface area (Å²) < 4.78 is 0. The van der Waals surface area contributed by atoms with Crippen LogP contribution >= 0.6 is 0 Å². The van der Waals surface area contributed by atoms with Gasteiger partial charge in [0.2, 0.25) is 0 Å². The Morgan fingerprint density at radius 1 is 1.14 bits per heavy atom. The second-order valence-corrected chi connectivity index (χ2v) is 5.25. The standard InChI is InChI=1S/C17H17N3O/c1-12-6-5-9-14(10-12)15-16(18)19-17(21)20(15)11-13-7-3-2-4-8-13/h2-10,15H,11H2,1H3,(H2,18,19,21). The molecule has 2 N–H and O–H groups in total. The van der Waals surface area contributed by atoms with Crippen LogP contribution in [-0.2, 0) is 6.54 Å². The highest BCUT2D eigenvalue weighted by molar-refractivity contribution is 6.03. The first-order valence-corrected chi connectivity index (χ1v) is 6.90. The van der Waals surface area contributed by atoms with Crippen molar-refractivity contribution in [2.24, 2.45) is 10.7 Å². The number of carbonyl (C=O) groups is 1. The highest BCUT2D eigenvalue weighted by Gasteiger charge is 2.34. The third kappa shape index (κ3) is 2.65. The second kappa shape index (κ2) is 5.40. The number of benzene rings is 2. The number of nitrogens with zero attached hydrogens (tertiary/aromatic N) is 2. The summed E-state index contributed by atoms with van der Waals surface area (Å²) in [5, 5.41) is 0. The second-order valence-electron chi connectivity index (χ2n) is 5.25. The van der Waals surface area contributed by atoms with Crippen LogP contribution in [0, 0.1) is 6.92 Å². The third-order valence-electron chi connectivity index (χ3n) is 3.62. The topological polar surface area (TPSA) is 58.7 Å². The number of rotatable bonds is 3. The Morgan fingerprint density at radius 3 is 2.62 bits per heavy atom. The normalized spacial score (nSPS) is 18.0. The van der Waals surface area contributed by atoms with Crippen molar-refractivity contribution in [1.82, 2.24) is 4.90 Å². The fourth-order valence-corrected chi connectivity index (χ4v) is 2.64. The molecular weight excluding hydrogens is 262 g/mol. The molecule has 106 valence electrons. The molecule has 21 heavy (non-hydrogen) atoms. The van der Waals surface area contributed by atoms with Gasteiger partial charge in [-0.3, -0.25) is 0 Å². The zero-order chi connectivity index (χ0) is 14.8. The van der Waals surface area contributed by atoms with Crippen LogP contribution in [0.3, 0.4) is 0 Å². The van der Waals surface area contributed by atoms with Crippen molar-refractivity contribution < 1.29 is 4.79 Å². The van der Waals surface area contributed by atoms with Gasteiger partial charge in [-0.1, -0.05) is 60.2 Å². The van der Waals surface area contributed by atoms with Crippen LogP contribution in [0.4, 0.5) is 4.79 Å². The van der Waals surface area contributed by atoms with Gasteiger partial charge >= 0.3 is 6.03 Å². The van der Waals surface area contributed by atoms with E-state index in [0.29, 0.717) is 12.4 Å². The van der Waals surface area contributed by atoms with Crippen molar-refractivity contribution in [3.05, 3.63) is 71.3 Å². The molecule has 0 bridgehead atoms. The number of carbonyl (C=O) groups excluding carboxylic acids is 1. The molecule has 0 radical (unpaired) electrons. The first-order chi connectivity index (χ1) is 10.1. The molecule has 1 heterocycles. The van der Waals surface area contributed by atoms with E-state index < -0.39 is 0 Å². The van der Waals surface area contributed by atoms with E-state index in [0.717, 1.165) is 16.7 Å². The molecule has 0 saturated heterocycles. The summed E-state index contributed by atoms with van der Waals surface area (Å²) in [6.07, 6.45) is 0. The molecule has 4 nitrogen and oxygen atoms in total. The third-order valence-corrected chi connectivity index (χ3v) is 3.62. The van der Waals surface area contributed by atoms with Gasteiger partial charge in [-0.05, 0) is 18.1 Å². The van der Waals surface area contributed by atoms with Gasteiger partial charge in [-0.2, -0.15) is 4.99 Å². The van der Waals surface area contributed by atoms with E-state index in [2.05, 4.69) is 4.99 Å². The van der Waals surface area contributed by atoms with Crippen molar-refractivity contribution in [3.63, 3.8) is 0 Å². The summed E-state index contributed by atoms with van der Waals surface area (Å²) >= 11 is 0. The molecule has 1 aliphatic rings. The van der Waals surface area contributed by atoms with Crippen LogP contribution in [-0.4, -0.2) is 16.8 Å². The minimum absolute atomic E-state index is 0.275. The minimum atomic E-state index is -0.280. The van der Waals surface area contributed by atoms with Crippen molar-refractivity contribution in [1.29, 1.82) is 0 Å². The average Bonchev–Trinajstić information content (AvgIpc) is 2.74. The predicted molar refractivity (Wildman–Crippen MR) is 82.9 cm³/mol. The number of nitrogens with two attached hydrogens (primary N) is 1. The minimum Gasteiger partial charge on any atom is -0.385 e. The maximum Gasteiger partial charge on any atom is 0.346 e. The Bertz CT molecular complexity index is 694. The van der Waals surface area contributed by atoms with Crippen molar-refractivity contribution in [2.45, 2.75) is 19.5 Å². The predicted octanol–water partition coefficient (Wildman–Crippen LogP) is 3.03. The van der Waals surface area contributed by atoms with Gasteiger partial charge in [0.1, 0.15) is 11.9 Å². The molecule has 2 amide bonds. The van der Waals surface area contributed by atoms with Gasteiger partial charge in [0.15, 0.2) is 0 Å². The SMILES string of the molecule is Cc1cccc(C2C(N)=NC(=O)N2Cc2ccccc2)c1. The van der Waals surface area contributed by atoms with Gasteiger partial charge in [-0.15, -0.1) is 0 Å².